The molecule has 0 aromatic heterocycles. The highest BCUT2D eigenvalue weighted by atomic mass is 35.5. The molecule has 0 radical (unpaired) electrons. The topological polar surface area (TPSA) is 153 Å². The summed E-state index contributed by atoms with van der Waals surface area (Å²) < 4.78 is 13.9. The van der Waals surface area contributed by atoms with Gasteiger partial charge in [-0.15, -0.1) is 23.2 Å². The smallest absolute Gasteiger partial charge is 0.339 e. The maximum absolute atomic E-state index is 14.5. The van der Waals surface area contributed by atoms with Gasteiger partial charge >= 0.3 is 5.97 Å². The van der Waals surface area contributed by atoms with Crippen molar-refractivity contribution in [2.24, 2.45) is 17.8 Å². The van der Waals surface area contributed by atoms with Crippen molar-refractivity contribution in [3.63, 3.8) is 0 Å². The van der Waals surface area contributed by atoms with E-state index < -0.39 is 80.1 Å². The number of carboxylic acid groups (broad SMARTS) is 1. The molecule has 3 fully saturated rings. The van der Waals surface area contributed by atoms with E-state index >= 15 is 0 Å². The number of phenols is 2. The number of anilines is 2. The van der Waals surface area contributed by atoms with Crippen LogP contribution in [0.25, 0.3) is 0 Å². The fourth-order valence-corrected chi connectivity index (χ4v) is 8.96. The Morgan fingerprint density at radius 3 is 2.08 bits per heavy atom. The fourth-order valence-electron chi connectivity index (χ4n) is 8.02. The summed E-state index contributed by atoms with van der Waals surface area (Å²) in [7, 11) is 0. The van der Waals surface area contributed by atoms with E-state index in [0.717, 1.165) is 34.1 Å². The second-order valence-corrected chi connectivity index (χ2v) is 14.0. The monoisotopic (exact) mass is 692 g/mol. The van der Waals surface area contributed by atoms with Crippen molar-refractivity contribution in [3.8, 4) is 11.5 Å². The van der Waals surface area contributed by atoms with Crippen molar-refractivity contribution < 1.29 is 43.7 Å². The third-order valence-corrected chi connectivity index (χ3v) is 11.6. The first-order valence-corrected chi connectivity index (χ1v) is 15.8. The molecule has 4 aliphatic rings. The number of carboxylic acids is 1. The number of benzene rings is 3. The molecule has 0 bridgehead atoms. The van der Waals surface area contributed by atoms with E-state index in [2.05, 4.69) is 0 Å². The number of nitrogens with zero attached hydrogens (tertiary/aromatic N) is 2. The molecular weight excluding hydrogens is 666 g/mol. The van der Waals surface area contributed by atoms with E-state index in [-0.39, 0.29) is 30.0 Å². The molecule has 0 spiro atoms. The minimum Gasteiger partial charge on any atom is -0.507 e. The van der Waals surface area contributed by atoms with Gasteiger partial charge in [-0.1, -0.05) is 23.8 Å². The van der Waals surface area contributed by atoms with E-state index in [1.54, 1.807) is 32.1 Å². The molecule has 10 nitrogen and oxygen atoms in total. The number of hydrogen-bond acceptors (Lipinski definition) is 7. The number of halogens is 3. The Kier molecular flexibility index (Phi) is 7.05. The molecule has 4 amide bonds. The SMILES string of the molecule is Cc1cc(C2C3=CCC4C(=O)N(c5ccc(C(=O)O)c(O)c5)C(=O)C4C3CC3(Cl)C(=O)N(c4ccc(F)cc4)C(=O)C23Cl)cc(C)c1O. The van der Waals surface area contributed by atoms with Crippen LogP contribution in [0.5, 0.6) is 11.5 Å². The summed E-state index contributed by atoms with van der Waals surface area (Å²) in [6, 6.07) is 11.4. The highest BCUT2D eigenvalue weighted by Gasteiger charge is 2.76. The standard InChI is InChI=1S/C35H27Cl2FN2O8/c1-15-11-17(12-16(2)28(15)42)27-21-9-10-23-26(30(44)39(29(23)43)20-7-8-22(31(45)46)25(41)13-20)24(21)14-34(36)32(47)40(33(48)35(27,34)37)19-5-3-18(38)4-6-19/h3-9,11-13,23-24,26-27,41-42H,10,14H2,1-2H3,(H,45,46). The average Bonchev–Trinajstić information content (AvgIpc) is 3.37. The van der Waals surface area contributed by atoms with Crippen molar-refractivity contribution in [2.45, 2.75) is 42.4 Å². The number of imide groups is 2. The Bertz CT molecular complexity index is 2010. The first-order chi connectivity index (χ1) is 22.6. The van der Waals surface area contributed by atoms with Crippen molar-refractivity contribution >= 4 is 64.2 Å². The van der Waals surface area contributed by atoms with Crippen LogP contribution >= 0.6 is 23.2 Å². The summed E-state index contributed by atoms with van der Waals surface area (Å²) in [5.74, 6) is -9.39. The van der Waals surface area contributed by atoms with Gasteiger partial charge in [0.25, 0.3) is 11.8 Å². The van der Waals surface area contributed by atoms with E-state index in [9.17, 15) is 43.7 Å². The highest BCUT2D eigenvalue weighted by molar-refractivity contribution is 6.58. The molecule has 3 aromatic carbocycles. The third kappa shape index (κ3) is 4.13. The maximum Gasteiger partial charge on any atom is 0.339 e. The summed E-state index contributed by atoms with van der Waals surface area (Å²) >= 11 is 14.7. The summed E-state index contributed by atoms with van der Waals surface area (Å²) in [5.41, 5.74) is 1.54. The number of aromatic carboxylic acids is 1. The second-order valence-electron chi connectivity index (χ2n) is 12.8. The molecular formula is C35H27Cl2FN2O8. The second kappa shape index (κ2) is 10.6. The van der Waals surface area contributed by atoms with E-state index in [0.29, 0.717) is 22.3 Å². The molecule has 7 rings (SSSR count). The van der Waals surface area contributed by atoms with Gasteiger partial charge in [0.2, 0.25) is 11.8 Å². The number of allylic oxidation sites excluding steroid dienone is 2. The lowest BCUT2D eigenvalue weighted by Gasteiger charge is -2.50. The zero-order chi connectivity index (χ0) is 34.6. The lowest BCUT2D eigenvalue weighted by molar-refractivity contribution is -0.125. The van der Waals surface area contributed by atoms with Crippen LogP contribution in [0.15, 0.2) is 66.2 Å². The molecule has 6 atom stereocenters. The first kappa shape index (κ1) is 31.8. The number of aryl methyl sites for hydroxylation is 2. The van der Waals surface area contributed by atoms with Crippen LogP contribution in [0, 0.1) is 37.4 Å². The minimum atomic E-state index is -2.13. The van der Waals surface area contributed by atoms with Crippen LogP contribution in [0.2, 0.25) is 0 Å². The van der Waals surface area contributed by atoms with Crippen LogP contribution < -0.4 is 9.80 Å². The van der Waals surface area contributed by atoms with Gasteiger partial charge in [-0.05, 0) is 85.7 Å². The van der Waals surface area contributed by atoms with Gasteiger partial charge < -0.3 is 15.3 Å². The van der Waals surface area contributed by atoms with Crippen LogP contribution in [-0.2, 0) is 19.2 Å². The number of rotatable bonds is 4. The molecule has 1 saturated carbocycles. The third-order valence-electron chi connectivity index (χ3n) is 10.2. The van der Waals surface area contributed by atoms with Gasteiger partial charge in [0.1, 0.15) is 22.9 Å². The predicted octanol–water partition coefficient (Wildman–Crippen LogP) is 5.32. The summed E-state index contributed by atoms with van der Waals surface area (Å²) in [6.07, 6.45) is 1.54. The minimum absolute atomic E-state index is 0.0238. The molecule has 6 unspecified atom stereocenters. The van der Waals surface area contributed by atoms with E-state index in [1.807, 2.05) is 0 Å². The maximum atomic E-state index is 14.5. The Morgan fingerprint density at radius 2 is 1.48 bits per heavy atom. The molecule has 2 saturated heterocycles. The summed E-state index contributed by atoms with van der Waals surface area (Å²) in [6.45, 7) is 3.33. The van der Waals surface area contributed by atoms with Gasteiger partial charge in [0, 0.05) is 12.0 Å². The van der Waals surface area contributed by atoms with E-state index in [4.69, 9.17) is 23.2 Å². The highest BCUT2D eigenvalue weighted by Crippen LogP contribution is 2.66. The quantitative estimate of drug-likeness (QED) is 0.189. The van der Waals surface area contributed by atoms with Gasteiger partial charge in [-0.2, -0.15) is 0 Å². The summed E-state index contributed by atoms with van der Waals surface area (Å²) in [4.78, 5) is 65.8. The van der Waals surface area contributed by atoms with Gasteiger partial charge in [-0.25, -0.2) is 19.0 Å². The molecule has 3 aromatic rings. The number of alkyl halides is 2. The van der Waals surface area contributed by atoms with Crippen LogP contribution in [0.1, 0.15) is 45.8 Å². The van der Waals surface area contributed by atoms with Gasteiger partial charge in [0.15, 0.2) is 9.75 Å². The number of carbonyl (C=O) groups is 5. The fraction of sp³-hybridized carbons (Fsp3) is 0.286. The van der Waals surface area contributed by atoms with Gasteiger partial charge in [0.05, 0.1) is 23.2 Å². The Hall–Kier alpha value is -4.74. The zero-order valence-corrected chi connectivity index (χ0v) is 26.9. The number of hydrogen-bond donors (Lipinski definition) is 3. The van der Waals surface area contributed by atoms with Crippen molar-refractivity contribution in [2.75, 3.05) is 9.80 Å². The first-order valence-electron chi connectivity index (χ1n) is 15.1. The zero-order valence-electron chi connectivity index (χ0n) is 25.4. The molecule has 48 heavy (non-hydrogen) atoms. The normalized spacial score (nSPS) is 29.5. The van der Waals surface area contributed by atoms with Crippen molar-refractivity contribution in [3.05, 3.63) is 94.3 Å². The number of aromatic hydroxyl groups is 2. The Balaban J connectivity index is 1.39. The number of carbonyl (C=O) groups excluding carboxylic acids is 4. The Labute approximate surface area is 283 Å². The van der Waals surface area contributed by atoms with E-state index in [1.165, 1.54) is 18.2 Å². The Morgan fingerprint density at radius 1 is 0.854 bits per heavy atom. The largest absolute Gasteiger partial charge is 0.507 e. The molecule has 3 N–H and O–H groups in total. The predicted molar refractivity (Wildman–Crippen MR) is 172 cm³/mol. The number of phenolic OH excluding ortho intramolecular Hbond substituents is 1. The van der Waals surface area contributed by atoms with Crippen LogP contribution in [-0.4, -0.2) is 54.7 Å². The summed E-state index contributed by atoms with van der Waals surface area (Å²) in [5, 5.41) is 30.3. The lowest BCUT2D eigenvalue weighted by atomic mass is 9.56. The molecule has 13 heteroatoms. The molecule has 2 aliphatic heterocycles. The molecule has 246 valence electrons. The van der Waals surface area contributed by atoms with Crippen LogP contribution in [0.3, 0.4) is 0 Å². The van der Waals surface area contributed by atoms with Gasteiger partial charge in [-0.3, -0.25) is 19.2 Å². The number of amides is 4. The molecule has 2 aliphatic carbocycles. The number of fused-ring (bicyclic) bond motifs is 4. The average molecular weight is 694 g/mol. The van der Waals surface area contributed by atoms with Crippen LogP contribution in [0.4, 0.5) is 15.8 Å². The van der Waals surface area contributed by atoms with Crippen molar-refractivity contribution in [1.82, 2.24) is 0 Å². The lowest BCUT2D eigenvalue weighted by Crippen LogP contribution is -2.60. The van der Waals surface area contributed by atoms with Crippen molar-refractivity contribution in [1.29, 1.82) is 0 Å². The molecule has 2 heterocycles.